The van der Waals surface area contributed by atoms with Gasteiger partial charge in [0.05, 0.1) is 17.0 Å². The Bertz CT molecular complexity index is 395. The average Bonchev–Trinajstić information content (AvgIpc) is 2.18. The monoisotopic (exact) mass is 223 g/mol. The molecule has 0 amide bonds. The SMILES string of the molecule is COc1ccc(N=C=C=C(S)S)cc1. The lowest BCUT2D eigenvalue weighted by Gasteiger charge is -1.97. The Labute approximate surface area is 93.8 Å². The first-order valence-electron chi connectivity index (χ1n) is 3.83. The summed E-state index contributed by atoms with van der Waals surface area (Å²) in [7, 11) is 1.62. The molecule has 0 aliphatic heterocycles. The third-order valence-electron chi connectivity index (χ3n) is 1.43. The van der Waals surface area contributed by atoms with Crippen LogP contribution in [0.1, 0.15) is 0 Å². The summed E-state index contributed by atoms with van der Waals surface area (Å²) < 4.78 is 5.45. The number of benzene rings is 1. The molecule has 0 N–H and O–H groups in total. The fraction of sp³-hybridized carbons (Fsp3) is 0.100. The first kappa shape index (κ1) is 11.0. The van der Waals surface area contributed by atoms with Gasteiger partial charge in [0.25, 0.3) is 0 Å². The number of rotatable bonds is 2. The van der Waals surface area contributed by atoms with E-state index in [1.807, 2.05) is 24.3 Å². The number of hydrogen-bond donors (Lipinski definition) is 2. The number of thiol groups is 2. The Balaban J connectivity index is 2.89. The molecule has 0 atom stereocenters. The second-order valence-corrected chi connectivity index (χ2v) is 3.62. The fourth-order valence-corrected chi connectivity index (χ4v) is 0.899. The van der Waals surface area contributed by atoms with Crippen LogP contribution < -0.4 is 4.74 Å². The van der Waals surface area contributed by atoms with Crippen LogP contribution in [0.4, 0.5) is 5.69 Å². The summed E-state index contributed by atoms with van der Waals surface area (Å²) in [5.74, 6) is 3.38. The Morgan fingerprint density at radius 1 is 1.29 bits per heavy atom. The molecular formula is C10H9NOS2. The molecule has 0 heterocycles. The molecule has 1 aromatic rings. The normalized spacial score (nSPS) is 8.50. The van der Waals surface area contributed by atoms with Crippen molar-refractivity contribution in [2.24, 2.45) is 4.99 Å². The number of nitrogens with zero attached hydrogens (tertiary/aromatic N) is 1. The van der Waals surface area contributed by atoms with Crippen molar-refractivity contribution in [2.75, 3.05) is 7.11 Å². The molecule has 0 unspecified atom stereocenters. The maximum Gasteiger partial charge on any atom is 0.119 e. The van der Waals surface area contributed by atoms with Gasteiger partial charge in [-0.25, -0.2) is 0 Å². The van der Waals surface area contributed by atoms with Crippen molar-refractivity contribution in [3.63, 3.8) is 0 Å². The van der Waals surface area contributed by atoms with E-state index < -0.39 is 0 Å². The quantitative estimate of drug-likeness (QED) is 0.449. The minimum Gasteiger partial charge on any atom is -0.497 e. The number of aliphatic imine (C=N–C) groups is 1. The van der Waals surface area contributed by atoms with Crippen molar-refractivity contribution in [1.82, 2.24) is 0 Å². The van der Waals surface area contributed by atoms with Crippen molar-refractivity contribution in [3.8, 4) is 5.75 Å². The molecule has 0 bridgehead atoms. The lowest BCUT2D eigenvalue weighted by Crippen LogP contribution is -1.79. The predicted molar refractivity (Wildman–Crippen MR) is 65.1 cm³/mol. The minimum absolute atomic E-state index is 0.447. The number of hydrogen-bond acceptors (Lipinski definition) is 4. The summed E-state index contributed by atoms with van der Waals surface area (Å²) in [6, 6.07) is 7.30. The topological polar surface area (TPSA) is 21.6 Å². The molecule has 72 valence electrons. The number of methoxy groups -OCH3 is 1. The van der Waals surface area contributed by atoms with Gasteiger partial charge in [-0.1, -0.05) is 0 Å². The second-order valence-electron chi connectivity index (χ2n) is 2.37. The van der Waals surface area contributed by atoms with Gasteiger partial charge in [-0.15, -0.1) is 25.3 Å². The van der Waals surface area contributed by atoms with E-state index in [4.69, 9.17) is 4.74 Å². The van der Waals surface area contributed by atoms with E-state index in [1.54, 1.807) is 7.11 Å². The maximum atomic E-state index is 5.01. The van der Waals surface area contributed by atoms with Crippen LogP contribution in [0.25, 0.3) is 0 Å². The molecular weight excluding hydrogens is 214 g/mol. The molecule has 1 rings (SSSR count). The molecule has 4 heteroatoms. The van der Waals surface area contributed by atoms with Crippen LogP contribution in [0.3, 0.4) is 0 Å². The molecule has 0 radical (unpaired) electrons. The summed E-state index contributed by atoms with van der Waals surface area (Å²) in [4.78, 5) is 3.99. The third-order valence-corrected chi connectivity index (χ3v) is 1.65. The smallest absolute Gasteiger partial charge is 0.119 e. The van der Waals surface area contributed by atoms with Gasteiger partial charge < -0.3 is 4.74 Å². The van der Waals surface area contributed by atoms with Crippen molar-refractivity contribution in [3.05, 3.63) is 34.2 Å². The summed E-state index contributed by atoms with van der Waals surface area (Å²) >= 11 is 7.81. The van der Waals surface area contributed by atoms with Crippen LogP contribution >= 0.6 is 25.3 Å². The van der Waals surface area contributed by atoms with E-state index in [2.05, 4.69) is 41.9 Å². The summed E-state index contributed by atoms with van der Waals surface area (Å²) in [6.45, 7) is 0. The Hall–Kier alpha value is -1.05. The van der Waals surface area contributed by atoms with Gasteiger partial charge in [-0.05, 0) is 30.0 Å². The van der Waals surface area contributed by atoms with E-state index in [0.29, 0.717) is 4.24 Å². The molecule has 0 fully saturated rings. The van der Waals surface area contributed by atoms with Crippen LogP contribution in [0.2, 0.25) is 0 Å². The molecule has 0 aliphatic carbocycles. The molecule has 0 spiro atoms. The Morgan fingerprint density at radius 2 is 1.93 bits per heavy atom. The van der Waals surface area contributed by atoms with Crippen LogP contribution in [-0.2, 0) is 0 Å². The van der Waals surface area contributed by atoms with Crippen LogP contribution in [-0.4, -0.2) is 13.0 Å². The van der Waals surface area contributed by atoms with E-state index in [9.17, 15) is 0 Å². The van der Waals surface area contributed by atoms with Gasteiger partial charge in [0.15, 0.2) is 0 Å². The summed E-state index contributed by atoms with van der Waals surface area (Å²) in [6.07, 6.45) is 0. The van der Waals surface area contributed by atoms with Crippen molar-refractivity contribution in [2.45, 2.75) is 0 Å². The molecule has 0 aromatic heterocycles. The van der Waals surface area contributed by atoms with E-state index in [-0.39, 0.29) is 0 Å². The highest BCUT2D eigenvalue weighted by atomic mass is 32.2. The largest absolute Gasteiger partial charge is 0.497 e. The van der Waals surface area contributed by atoms with Gasteiger partial charge in [-0.3, -0.25) is 0 Å². The number of ether oxygens (including phenoxy) is 1. The first-order valence-corrected chi connectivity index (χ1v) is 4.72. The third kappa shape index (κ3) is 3.77. The zero-order valence-corrected chi connectivity index (χ0v) is 9.35. The highest BCUT2D eigenvalue weighted by Crippen LogP contribution is 2.16. The zero-order valence-electron chi connectivity index (χ0n) is 7.56. The Morgan fingerprint density at radius 3 is 2.43 bits per heavy atom. The van der Waals surface area contributed by atoms with Gasteiger partial charge in [0.2, 0.25) is 0 Å². The maximum absolute atomic E-state index is 5.01. The Kier molecular flexibility index (Phi) is 4.44. The van der Waals surface area contributed by atoms with Gasteiger partial charge in [-0.2, -0.15) is 4.99 Å². The van der Waals surface area contributed by atoms with Gasteiger partial charge in [0.1, 0.15) is 5.75 Å². The van der Waals surface area contributed by atoms with Crippen LogP contribution in [0.15, 0.2) is 39.2 Å². The van der Waals surface area contributed by atoms with E-state index >= 15 is 0 Å². The van der Waals surface area contributed by atoms with Crippen LogP contribution in [0.5, 0.6) is 5.75 Å². The van der Waals surface area contributed by atoms with Crippen molar-refractivity contribution < 1.29 is 4.74 Å². The van der Waals surface area contributed by atoms with E-state index in [1.165, 1.54) is 0 Å². The lowest BCUT2D eigenvalue weighted by atomic mass is 10.3. The van der Waals surface area contributed by atoms with E-state index in [0.717, 1.165) is 11.4 Å². The molecule has 0 aliphatic rings. The predicted octanol–water partition coefficient (Wildman–Crippen LogP) is 2.85. The van der Waals surface area contributed by atoms with Crippen molar-refractivity contribution in [1.29, 1.82) is 0 Å². The molecule has 2 nitrogen and oxygen atoms in total. The second kappa shape index (κ2) is 5.63. The average molecular weight is 223 g/mol. The summed E-state index contributed by atoms with van der Waals surface area (Å²) in [5.41, 5.74) is 3.40. The van der Waals surface area contributed by atoms with Gasteiger partial charge in [0, 0.05) is 5.87 Å². The molecule has 0 saturated heterocycles. The fourth-order valence-electron chi connectivity index (χ4n) is 0.799. The summed E-state index contributed by atoms with van der Waals surface area (Å²) in [5, 5.41) is 0. The van der Waals surface area contributed by atoms with Crippen LogP contribution in [0, 0.1) is 0 Å². The van der Waals surface area contributed by atoms with Gasteiger partial charge >= 0.3 is 0 Å². The molecule has 14 heavy (non-hydrogen) atoms. The zero-order chi connectivity index (χ0) is 10.4. The highest BCUT2D eigenvalue weighted by molar-refractivity contribution is 8.04. The highest BCUT2D eigenvalue weighted by Gasteiger charge is 1.89. The lowest BCUT2D eigenvalue weighted by molar-refractivity contribution is 0.415. The first-order chi connectivity index (χ1) is 6.72. The van der Waals surface area contributed by atoms with Crippen molar-refractivity contribution >= 4 is 36.8 Å². The molecule has 1 aromatic carbocycles. The molecule has 0 saturated carbocycles. The minimum atomic E-state index is 0.447. The standard InChI is InChI=1S/C10H9NOS2/c1-12-9-4-2-8(3-5-9)11-7-6-10(13)14/h2-5,13-14H,1H3.